The van der Waals surface area contributed by atoms with Crippen LogP contribution in [0, 0.1) is 5.92 Å². The van der Waals surface area contributed by atoms with E-state index < -0.39 is 0 Å². The van der Waals surface area contributed by atoms with Gasteiger partial charge in [0.25, 0.3) is 0 Å². The van der Waals surface area contributed by atoms with E-state index >= 15 is 0 Å². The molecule has 0 aromatic heterocycles. The lowest BCUT2D eigenvalue weighted by atomic mass is 9.92. The first-order chi connectivity index (χ1) is 7.50. The van der Waals surface area contributed by atoms with Gasteiger partial charge in [0, 0.05) is 26.2 Å². The van der Waals surface area contributed by atoms with E-state index in [0.29, 0.717) is 12.0 Å². The van der Waals surface area contributed by atoms with Gasteiger partial charge < -0.3 is 10.5 Å². The Morgan fingerprint density at radius 3 is 2.62 bits per heavy atom. The predicted molar refractivity (Wildman–Crippen MR) is 68.5 cm³/mol. The number of piperidine rings is 1. The van der Waals surface area contributed by atoms with Crippen LogP contribution in [0.15, 0.2) is 0 Å². The number of nitrogens with two attached hydrogens (primary N) is 1. The summed E-state index contributed by atoms with van der Waals surface area (Å²) in [6.07, 6.45) is 3.58. The Morgan fingerprint density at radius 1 is 1.44 bits per heavy atom. The van der Waals surface area contributed by atoms with Gasteiger partial charge in [0.1, 0.15) is 0 Å². The molecule has 2 N–H and O–H groups in total. The van der Waals surface area contributed by atoms with Crippen LogP contribution in [-0.4, -0.2) is 43.3 Å². The fourth-order valence-electron chi connectivity index (χ4n) is 2.66. The predicted octanol–water partition coefficient (Wildman–Crippen LogP) is 1.86. The molecule has 16 heavy (non-hydrogen) atoms. The maximum absolute atomic E-state index is 5.90. The standard InChI is InChI=1S/C13H28N2O/c1-11(2)8-12(9-14)15-7-5-6-13(3,10-15)16-4/h11-12H,5-10,14H2,1-4H3. The number of ether oxygens (including phenoxy) is 1. The molecule has 96 valence electrons. The maximum Gasteiger partial charge on any atom is 0.0777 e. The number of hydrogen-bond donors (Lipinski definition) is 1. The van der Waals surface area contributed by atoms with Crippen LogP contribution in [0.1, 0.15) is 40.0 Å². The number of hydrogen-bond acceptors (Lipinski definition) is 3. The van der Waals surface area contributed by atoms with Crippen molar-refractivity contribution < 1.29 is 4.74 Å². The second-order valence-corrected chi connectivity index (χ2v) is 5.75. The molecule has 0 bridgehead atoms. The molecule has 1 rings (SSSR count). The van der Waals surface area contributed by atoms with Crippen LogP contribution in [0.3, 0.4) is 0 Å². The molecule has 0 radical (unpaired) electrons. The lowest BCUT2D eigenvalue weighted by Crippen LogP contribution is -2.53. The molecule has 2 atom stereocenters. The molecule has 1 saturated heterocycles. The summed E-state index contributed by atoms with van der Waals surface area (Å²) < 4.78 is 5.63. The zero-order valence-corrected chi connectivity index (χ0v) is 11.3. The Kier molecular flexibility index (Phi) is 5.22. The van der Waals surface area contributed by atoms with Crippen molar-refractivity contribution in [3.05, 3.63) is 0 Å². The van der Waals surface area contributed by atoms with Crippen molar-refractivity contribution in [2.45, 2.75) is 51.7 Å². The topological polar surface area (TPSA) is 38.5 Å². The molecule has 0 aromatic rings. The number of likely N-dealkylation sites (tertiary alicyclic amines) is 1. The SMILES string of the molecule is COC1(C)CCCN(C(CN)CC(C)C)C1. The average Bonchev–Trinajstić information content (AvgIpc) is 2.25. The van der Waals surface area contributed by atoms with Crippen molar-refractivity contribution in [2.75, 3.05) is 26.7 Å². The van der Waals surface area contributed by atoms with Gasteiger partial charge in [0.05, 0.1) is 5.60 Å². The fourth-order valence-corrected chi connectivity index (χ4v) is 2.66. The summed E-state index contributed by atoms with van der Waals surface area (Å²) in [6.45, 7) is 9.70. The Morgan fingerprint density at radius 2 is 2.12 bits per heavy atom. The number of methoxy groups -OCH3 is 1. The smallest absolute Gasteiger partial charge is 0.0777 e. The molecular weight excluding hydrogens is 200 g/mol. The van der Waals surface area contributed by atoms with E-state index in [0.717, 1.165) is 13.1 Å². The Bertz CT molecular complexity index is 208. The average molecular weight is 228 g/mol. The summed E-state index contributed by atoms with van der Waals surface area (Å²) >= 11 is 0. The third-order valence-electron chi connectivity index (χ3n) is 3.71. The molecule has 0 saturated carbocycles. The minimum Gasteiger partial charge on any atom is -0.377 e. The van der Waals surface area contributed by atoms with Gasteiger partial charge in [-0.3, -0.25) is 4.90 Å². The summed E-state index contributed by atoms with van der Waals surface area (Å²) in [6, 6.07) is 0.523. The summed E-state index contributed by atoms with van der Waals surface area (Å²) in [5.41, 5.74) is 5.93. The Labute approximate surface area is 100 Å². The van der Waals surface area contributed by atoms with Gasteiger partial charge in [-0.05, 0) is 38.6 Å². The van der Waals surface area contributed by atoms with E-state index in [2.05, 4.69) is 25.7 Å². The quantitative estimate of drug-likeness (QED) is 0.780. The zero-order chi connectivity index (χ0) is 12.2. The monoisotopic (exact) mass is 228 g/mol. The van der Waals surface area contributed by atoms with Crippen molar-refractivity contribution >= 4 is 0 Å². The molecule has 0 aromatic carbocycles. The lowest BCUT2D eigenvalue weighted by molar-refractivity contribution is -0.0620. The van der Waals surface area contributed by atoms with E-state index in [4.69, 9.17) is 10.5 Å². The first-order valence-corrected chi connectivity index (χ1v) is 6.50. The summed E-state index contributed by atoms with van der Waals surface area (Å²) in [5.74, 6) is 0.712. The first-order valence-electron chi connectivity index (χ1n) is 6.50. The molecule has 1 heterocycles. The molecule has 0 aliphatic carbocycles. The first kappa shape index (κ1) is 13.9. The van der Waals surface area contributed by atoms with Crippen LogP contribution >= 0.6 is 0 Å². The van der Waals surface area contributed by atoms with E-state index in [1.165, 1.54) is 25.8 Å². The molecule has 0 spiro atoms. The van der Waals surface area contributed by atoms with Gasteiger partial charge in [-0.2, -0.15) is 0 Å². The van der Waals surface area contributed by atoms with E-state index in [1.54, 1.807) is 0 Å². The molecular formula is C13H28N2O. The van der Waals surface area contributed by atoms with Crippen molar-refractivity contribution in [3.63, 3.8) is 0 Å². The highest BCUT2D eigenvalue weighted by Crippen LogP contribution is 2.26. The van der Waals surface area contributed by atoms with E-state index in [-0.39, 0.29) is 5.60 Å². The highest BCUT2D eigenvalue weighted by Gasteiger charge is 2.33. The highest BCUT2D eigenvalue weighted by molar-refractivity contribution is 4.88. The van der Waals surface area contributed by atoms with Gasteiger partial charge in [0.15, 0.2) is 0 Å². The van der Waals surface area contributed by atoms with Crippen LogP contribution in [0.2, 0.25) is 0 Å². The second kappa shape index (κ2) is 5.99. The third-order valence-corrected chi connectivity index (χ3v) is 3.71. The summed E-state index contributed by atoms with van der Waals surface area (Å²) in [5, 5.41) is 0. The Hall–Kier alpha value is -0.120. The summed E-state index contributed by atoms with van der Waals surface area (Å²) in [7, 11) is 1.82. The minimum absolute atomic E-state index is 0.0304. The van der Waals surface area contributed by atoms with Crippen LogP contribution in [-0.2, 0) is 4.74 Å². The number of rotatable bonds is 5. The normalized spacial score (nSPS) is 29.6. The van der Waals surface area contributed by atoms with Gasteiger partial charge in [-0.15, -0.1) is 0 Å². The lowest BCUT2D eigenvalue weighted by Gasteiger charge is -2.43. The van der Waals surface area contributed by atoms with E-state index in [1.807, 2.05) is 7.11 Å². The van der Waals surface area contributed by atoms with Crippen molar-refractivity contribution in [2.24, 2.45) is 11.7 Å². The highest BCUT2D eigenvalue weighted by atomic mass is 16.5. The van der Waals surface area contributed by atoms with Crippen LogP contribution in [0.4, 0.5) is 0 Å². The number of nitrogens with zero attached hydrogens (tertiary/aromatic N) is 1. The van der Waals surface area contributed by atoms with Crippen LogP contribution in [0.25, 0.3) is 0 Å². The molecule has 1 aliphatic rings. The fraction of sp³-hybridized carbons (Fsp3) is 1.00. The third kappa shape index (κ3) is 3.72. The van der Waals surface area contributed by atoms with Crippen molar-refractivity contribution in [1.82, 2.24) is 4.90 Å². The molecule has 1 fully saturated rings. The maximum atomic E-state index is 5.90. The van der Waals surface area contributed by atoms with E-state index in [9.17, 15) is 0 Å². The van der Waals surface area contributed by atoms with Gasteiger partial charge >= 0.3 is 0 Å². The molecule has 0 amide bonds. The van der Waals surface area contributed by atoms with Crippen LogP contribution < -0.4 is 5.73 Å². The molecule has 3 nitrogen and oxygen atoms in total. The molecule has 3 heteroatoms. The van der Waals surface area contributed by atoms with Gasteiger partial charge in [0.2, 0.25) is 0 Å². The zero-order valence-electron chi connectivity index (χ0n) is 11.3. The summed E-state index contributed by atoms with van der Waals surface area (Å²) in [4.78, 5) is 2.52. The van der Waals surface area contributed by atoms with Crippen molar-refractivity contribution in [3.8, 4) is 0 Å². The second-order valence-electron chi connectivity index (χ2n) is 5.75. The van der Waals surface area contributed by atoms with Gasteiger partial charge in [-0.1, -0.05) is 13.8 Å². The molecule has 2 unspecified atom stereocenters. The molecule has 1 aliphatic heterocycles. The van der Waals surface area contributed by atoms with Gasteiger partial charge in [-0.25, -0.2) is 0 Å². The minimum atomic E-state index is 0.0304. The van der Waals surface area contributed by atoms with Crippen LogP contribution in [0.5, 0.6) is 0 Å². The van der Waals surface area contributed by atoms with Crippen molar-refractivity contribution in [1.29, 1.82) is 0 Å². The largest absolute Gasteiger partial charge is 0.377 e. The Balaban J connectivity index is 2.57.